The summed E-state index contributed by atoms with van der Waals surface area (Å²) in [5.74, 6) is 0. The van der Waals surface area contributed by atoms with Gasteiger partial charge in [0.05, 0.1) is 5.72 Å². The lowest BCUT2D eigenvalue weighted by atomic mass is 10.1. The van der Waals surface area contributed by atoms with Crippen LogP contribution in [0.25, 0.3) is 0 Å². The van der Waals surface area contributed by atoms with Gasteiger partial charge in [0, 0.05) is 6.54 Å². The van der Waals surface area contributed by atoms with Gasteiger partial charge in [-0.2, -0.15) is 0 Å². The van der Waals surface area contributed by atoms with Crippen molar-refractivity contribution in [3.05, 3.63) is 6.33 Å². The molecule has 1 aromatic rings. The van der Waals surface area contributed by atoms with Gasteiger partial charge in [-0.1, -0.05) is 13.8 Å². The second kappa shape index (κ2) is 5.03. The Morgan fingerprint density at radius 2 is 2.20 bits per heavy atom. The molecule has 1 heterocycles. The minimum absolute atomic E-state index is 0.479. The summed E-state index contributed by atoms with van der Waals surface area (Å²) in [6.45, 7) is 6.82. The summed E-state index contributed by atoms with van der Waals surface area (Å²) >= 11 is 0. The molecule has 0 N–H and O–H groups in total. The van der Waals surface area contributed by atoms with Crippen molar-refractivity contribution in [1.29, 1.82) is 0 Å². The number of nitrogens with zero attached hydrogens (tertiary/aromatic N) is 3. The van der Waals surface area contributed by atoms with Crippen LogP contribution in [0.1, 0.15) is 20.8 Å². The van der Waals surface area contributed by atoms with Crippen molar-refractivity contribution < 1.29 is 0 Å². The standard InChI is InChI=1S/C4H6BN3.C2H6/c1-2-8-3-6-7-4(8)5;1-2/h3H,2H2,1H3;1-2H3. The van der Waals surface area contributed by atoms with E-state index in [4.69, 9.17) is 7.85 Å². The van der Waals surface area contributed by atoms with E-state index in [1.54, 1.807) is 10.9 Å². The quantitative estimate of drug-likeness (QED) is 0.514. The molecular weight excluding hydrogens is 125 g/mol. The van der Waals surface area contributed by atoms with Crippen LogP contribution in [0.3, 0.4) is 0 Å². The Kier molecular flexibility index (Phi) is 4.63. The molecule has 1 aromatic heterocycles. The third-order valence-electron chi connectivity index (χ3n) is 0.986. The van der Waals surface area contributed by atoms with Gasteiger partial charge in [-0.25, -0.2) is 0 Å². The average molecular weight is 137 g/mol. The van der Waals surface area contributed by atoms with Gasteiger partial charge in [0.25, 0.3) is 0 Å². The Morgan fingerprint density at radius 1 is 1.60 bits per heavy atom. The van der Waals surface area contributed by atoms with Crippen LogP contribution in [0.2, 0.25) is 0 Å². The fraction of sp³-hybridized carbons (Fsp3) is 0.667. The first-order chi connectivity index (χ1) is 4.84. The van der Waals surface area contributed by atoms with Crippen LogP contribution in [0.4, 0.5) is 0 Å². The van der Waals surface area contributed by atoms with Crippen molar-refractivity contribution in [3.8, 4) is 0 Å². The van der Waals surface area contributed by atoms with E-state index < -0.39 is 0 Å². The molecule has 0 atom stereocenters. The molecule has 10 heavy (non-hydrogen) atoms. The fourth-order valence-corrected chi connectivity index (χ4v) is 0.508. The molecule has 1 rings (SSSR count). The van der Waals surface area contributed by atoms with Crippen LogP contribution in [-0.4, -0.2) is 22.6 Å². The Hall–Kier alpha value is -0.795. The predicted molar refractivity (Wildman–Crippen MR) is 42.4 cm³/mol. The zero-order valence-electron chi connectivity index (χ0n) is 6.70. The monoisotopic (exact) mass is 137 g/mol. The van der Waals surface area contributed by atoms with Crippen molar-refractivity contribution in [2.75, 3.05) is 0 Å². The summed E-state index contributed by atoms with van der Waals surface area (Å²) in [5, 5.41) is 7.16. The van der Waals surface area contributed by atoms with Crippen molar-refractivity contribution in [1.82, 2.24) is 14.8 Å². The van der Waals surface area contributed by atoms with Gasteiger partial charge < -0.3 is 4.57 Å². The first kappa shape index (κ1) is 9.20. The van der Waals surface area contributed by atoms with Gasteiger partial charge in [-0.05, 0) is 6.92 Å². The number of hydrogen-bond acceptors (Lipinski definition) is 2. The van der Waals surface area contributed by atoms with E-state index in [2.05, 4.69) is 10.2 Å². The second-order valence-corrected chi connectivity index (χ2v) is 1.48. The number of aryl methyl sites for hydroxylation is 1. The highest BCUT2D eigenvalue weighted by molar-refractivity contribution is 6.29. The molecule has 4 heteroatoms. The highest BCUT2D eigenvalue weighted by Gasteiger charge is 1.90. The molecule has 3 nitrogen and oxygen atoms in total. The Labute approximate surface area is 62.9 Å². The largest absolute Gasteiger partial charge is 0.327 e. The van der Waals surface area contributed by atoms with Crippen LogP contribution < -0.4 is 5.72 Å². The predicted octanol–water partition coefficient (Wildman–Crippen LogP) is 0.118. The Balaban J connectivity index is 0.000000371. The minimum atomic E-state index is 0.479. The molecule has 0 aromatic carbocycles. The van der Waals surface area contributed by atoms with Gasteiger partial charge in [-0.15, -0.1) is 10.2 Å². The molecule has 0 saturated heterocycles. The van der Waals surface area contributed by atoms with Crippen molar-refractivity contribution >= 4 is 13.6 Å². The van der Waals surface area contributed by atoms with Crippen molar-refractivity contribution in [2.45, 2.75) is 27.3 Å². The molecule has 2 radical (unpaired) electrons. The van der Waals surface area contributed by atoms with E-state index in [1.165, 1.54) is 0 Å². The molecule has 0 aliphatic rings. The third-order valence-corrected chi connectivity index (χ3v) is 0.986. The fourth-order valence-electron chi connectivity index (χ4n) is 0.508. The smallest absolute Gasteiger partial charge is 0.170 e. The van der Waals surface area contributed by atoms with Crippen LogP contribution in [-0.2, 0) is 6.54 Å². The number of aromatic nitrogens is 3. The molecule has 54 valence electrons. The van der Waals surface area contributed by atoms with Crippen LogP contribution >= 0.6 is 0 Å². The highest BCUT2D eigenvalue weighted by Crippen LogP contribution is 1.73. The second-order valence-electron chi connectivity index (χ2n) is 1.48. The molecule has 0 saturated carbocycles. The Bertz CT molecular complexity index is 173. The topological polar surface area (TPSA) is 30.7 Å². The first-order valence-corrected chi connectivity index (χ1v) is 3.48. The Morgan fingerprint density at radius 3 is 2.40 bits per heavy atom. The molecule has 0 fully saturated rings. The van der Waals surface area contributed by atoms with Crippen molar-refractivity contribution in [3.63, 3.8) is 0 Å². The van der Waals surface area contributed by atoms with E-state index in [-0.39, 0.29) is 0 Å². The molecular formula is C6H12BN3. The summed E-state index contributed by atoms with van der Waals surface area (Å²) in [5.41, 5.74) is 0.479. The molecule has 0 bridgehead atoms. The SMILES string of the molecule is CC.[B]c1nncn1CC. The van der Waals surface area contributed by atoms with Gasteiger partial charge in [0.15, 0.2) is 7.85 Å². The lowest BCUT2D eigenvalue weighted by Crippen LogP contribution is -2.17. The van der Waals surface area contributed by atoms with Crippen LogP contribution in [0, 0.1) is 0 Å². The molecule has 0 amide bonds. The van der Waals surface area contributed by atoms with Crippen LogP contribution in [0.5, 0.6) is 0 Å². The molecule has 0 aliphatic carbocycles. The summed E-state index contributed by atoms with van der Waals surface area (Å²) in [4.78, 5) is 0. The first-order valence-electron chi connectivity index (χ1n) is 3.48. The van der Waals surface area contributed by atoms with Gasteiger partial charge in [0.2, 0.25) is 0 Å². The van der Waals surface area contributed by atoms with E-state index in [1.807, 2.05) is 20.8 Å². The summed E-state index contributed by atoms with van der Waals surface area (Å²) < 4.78 is 1.76. The van der Waals surface area contributed by atoms with Gasteiger partial charge in [0.1, 0.15) is 6.33 Å². The zero-order valence-corrected chi connectivity index (χ0v) is 6.70. The average Bonchev–Trinajstić information content (AvgIpc) is 2.39. The maximum Gasteiger partial charge on any atom is 0.170 e. The number of hydrogen-bond donors (Lipinski definition) is 0. The van der Waals surface area contributed by atoms with E-state index in [0.29, 0.717) is 5.72 Å². The van der Waals surface area contributed by atoms with Crippen LogP contribution in [0.15, 0.2) is 6.33 Å². The summed E-state index contributed by atoms with van der Waals surface area (Å²) in [7, 11) is 5.34. The van der Waals surface area contributed by atoms with E-state index >= 15 is 0 Å². The van der Waals surface area contributed by atoms with Crippen molar-refractivity contribution in [2.24, 2.45) is 0 Å². The lowest BCUT2D eigenvalue weighted by molar-refractivity contribution is 0.780. The van der Waals surface area contributed by atoms with E-state index in [0.717, 1.165) is 6.54 Å². The minimum Gasteiger partial charge on any atom is -0.327 e. The molecule has 0 aliphatic heterocycles. The molecule has 0 spiro atoms. The highest BCUT2D eigenvalue weighted by atomic mass is 15.2. The number of rotatable bonds is 1. The normalized spacial score (nSPS) is 8.30. The maximum absolute atomic E-state index is 5.34. The third kappa shape index (κ3) is 2.21. The lowest BCUT2D eigenvalue weighted by Gasteiger charge is -1.93. The van der Waals surface area contributed by atoms with Gasteiger partial charge in [-0.3, -0.25) is 0 Å². The molecule has 0 unspecified atom stereocenters. The summed E-state index contributed by atoms with van der Waals surface area (Å²) in [6.07, 6.45) is 1.61. The summed E-state index contributed by atoms with van der Waals surface area (Å²) in [6, 6.07) is 0. The zero-order chi connectivity index (χ0) is 7.98. The van der Waals surface area contributed by atoms with E-state index in [9.17, 15) is 0 Å². The van der Waals surface area contributed by atoms with Gasteiger partial charge >= 0.3 is 0 Å². The maximum atomic E-state index is 5.34.